The minimum absolute atomic E-state index is 0.113. The lowest BCUT2D eigenvalue weighted by Gasteiger charge is -2.24. The van der Waals surface area contributed by atoms with Gasteiger partial charge >= 0.3 is 0 Å². The summed E-state index contributed by atoms with van der Waals surface area (Å²) in [5, 5.41) is 0. The molecule has 0 unspecified atom stereocenters. The number of sulfonamides is 1. The third-order valence-electron chi connectivity index (χ3n) is 2.70. The lowest BCUT2D eigenvalue weighted by molar-refractivity contribution is 0.586. The topological polar surface area (TPSA) is 63.4 Å². The molecule has 0 aromatic heterocycles. The minimum atomic E-state index is -3.26. The predicted octanol–water partition coefficient (Wildman–Crippen LogP) is 1.97. The minimum Gasteiger partial charge on any atom is -0.330 e. The van der Waals surface area contributed by atoms with Crippen LogP contribution < -0.4 is 10.0 Å². The first kappa shape index (κ1) is 15.0. The molecule has 0 saturated heterocycles. The standard InChI is InChI=1S/C13H22N2O2S/c1-2-3-11-15(13-8-5-4-6-9-13)18(16,17)12-7-10-14/h4-6,8-9H,2-3,7,10-12,14H2,1H3. The number of nitrogens with zero attached hydrogens (tertiary/aromatic N) is 1. The van der Waals surface area contributed by atoms with E-state index in [0.717, 1.165) is 18.5 Å². The predicted molar refractivity (Wildman–Crippen MR) is 76.2 cm³/mol. The summed E-state index contributed by atoms with van der Waals surface area (Å²) in [6.45, 7) is 2.98. The lowest BCUT2D eigenvalue weighted by Crippen LogP contribution is -2.34. The summed E-state index contributed by atoms with van der Waals surface area (Å²) in [6.07, 6.45) is 2.32. The van der Waals surface area contributed by atoms with E-state index < -0.39 is 10.0 Å². The van der Waals surface area contributed by atoms with E-state index in [1.165, 1.54) is 4.31 Å². The Kier molecular flexibility index (Phi) is 6.15. The number of hydrogen-bond donors (Lipinski definition) is 1. The third-order valence-corrected chi connectivity index (χ3v) is 4.57. The van der Waals surface area contributed by atoms with Crippen molar-refractivity contribution in [1.29, 1.82) is 0 Å². The molecule has 0 bridgehead atoms. The average Bonchev–Trinajstić information content (AvgIpc) is 2.38. The molecule has 0 fully saturated rings. The first-order chi connectivity index (χ1) is 8.61. The SMILES string of the molecule is CCCCN(c1ccccc1)S(=O)(=O)CCCN. The van der Waals surface area contributed by atoms with Crippen molar-refractivity contribution >= 4 is 15.7 Å². The smallest absolute Gasteiger partial charge is 0.235 e. The second-order valence-electron chi connectivity index (χ2n) is 4.22. The third kappa shape index (κ3) is 4.31. The van der Waals surface area contributed by atoms with Gasteiger partial charge in [0.2, 0.25) is 10.0 Å². The second kappa shape index (κ2) is 7.38. The van der Waals surface area contributed by atoms with Crippen LogP contribution >= 0.6 is 0 Å². The highest BCUT2D eigenvalue weighted by Crippen LogP contribution is 2.19. The van der Waals surface area contributed by atoms with Crippen LogP contribution in [0.4, 0.5) is 5.69 Å². The van der Waals surface area contributed by atoms with Gasteiger partial charge in [0, 0.05) is 6.54 Å². The Balaban J connectivity index is 2.91. The molecule has 0 amide bonds. The Bertz CT molecular complexity index is 432. The number of para-hydroxylation sites is 1. The number of hydrogen-bond acceptors (Lipinski definition) is 3. The highest BCUT2D eigenvalue weighted by atomic mass is 32.2. The van der Waals surface area contributed by atoms with Crippen LogP contribution in [0.25, 0.3) is 0 Å². The molecule has 2 N–H and O–H groups in total. The molecule has 0 atom stereocenters. The molecule has 1 aromatic carbocycles. The van der Waals surface area contributed by atoms with E-state index in [1.807, 2.05) is 30.3 Å². The number of unbranched alkanes of at least 4 members (excludes halogenated alkanes) is 1. The van der Waals surface area contributed by atoms with Crippen LogP contribution in [-0.4, -0.2) is 27.3 Å². The zero-order valence-corrected chi connectivity index (χ0v) is 11.7. The van der Waals surface area contributed by atoms with Crippen molar-refractivity contribution in [3.8, 4) is 0 Å². The molecule has 0 saturated carbocycles. The van der Waals surface area contributed by atoms with Gasteiger partial charge in [0.15, 0.2) is 0 Å². The van der Waals surface area contributed by atoms with E-state index in [0.29, 0.717) is 19.5 Å². The number of rotatable bonds is 8. The van der Waals surface area contributed by atoms with Crippen LogP contribution in [0.3, 0.4) is 0 Å². The second-order valence-corrected chi connectivity index (χ2v) is 6.23. The molecule has 5 heteroatoms. The average molecular weight is 270 g/mol. The number of nitrogens with two attached hydrogens (primary N) is 1. The van der Waals surface area contributed by atoms with Crippen molar-refractivity contribution in [2.75, 3.05) is 23.1 Å². The van der Waals surface area contributed by atoms with Gasteiger partial charge in [-0.3, -0.25) is 4.31 Å². The molecule has 1 aromatic rings. The maximum absolute atomic E-state index is 12.3. The van der Waals surface area contributed by atoms with Crippen molar-refractivity contribution in [2.45, 2.75) is 26.2 Å². The normalized spacial score (nSPS) is 11.4. The molecule has 0 aliphatic carbocycles. The van der Waals surface area contributed by atoms with Gasteiger partial charge in [-0.1, -0.05) is 31.5 Å². The summed E-state index contributed by atoms with van der Waals surface area (Å²) >= 11 is 0. The Labute approximate surface area is 110 Å². The highest BCUT2D eigenvalue weighted by molar-refractivity contribution is 7.92. The van der Waals surface area contributed by atoms with Crippen LogP contribution in [0, 0.1) is 0 Å². The van der Waals surface area contributed by atoms with E-state index in [1.54, 1.807) is 0 Å². The van der Waals surface area contributed by atoms with Crippen molar-refractivity contribution in [3.05, 3.63) is 30.3 Å². The molecule has 0 heterocycles. The fourth-order valence-corrected chi connectivity index (χ4v) is 3.30. The van der Waals surface area contributed by atoms with Gasteiger partial charge < -0.3 is 5.73 Å². The molecule has 0 aliphatic rings. The molecule has 0 aliphatic heterocycles. The number of anilines is 1. The monoisotopic (exact) mass is 270 g/mol. The van der Waals surface area contributed by atoms with Crippen LogP contribution in [0.15, 0.2) is 30.3 Å². The van der Waals surface area contributed by atoms with Crippen LogP contribution in [0.5, 0.6) is 0 Å². The van der Waals surface area contributed by atoms with Gasteiger partial charge in [0.25, 0.3) is 0 Å². The molecular weight excluding hydrogens is 248 g/mol. The Morgan fingerprint density at radius 3 is 2.39 bits per heavy atom. The number of benzene rings is 1. The summed E-state index contributed by atoms with van der Waals surface area (Å²) in [5.41, 5.74) is 6.13. The Hall–Kier alpha value is -1.07. The zero-order chi connectivity index (χ0) is 13.4. The maximum Gasteiger partial charge on any atom is 0.235 e. The first-order valence-corrected chi connectivity index (χ1v) is 7.98. The Morgan fingerprint density at radius 1 is 1.17 bits per heavy atom. The van der Waals surface area contributed by atoms with Crippen LogP contribution in [0.1, 0.15) is 26.2 Å². The largest absolute Gasteiger partial charge is 0.330 e. The van der Waals surface area contributed by atoms with Crippen LogP contribution in [-0.2, 0) is 10.0 Å². The summed E-state index contributed by atoms with van der Waals surface area (Å²) in [4.78, 5) is 0. The van der Waals surface area contributed by atoms with E-state index in [9.17, 15) is 8.42 Å². The van der Waals surface area contributed by atoms with Gasteiger partial charge in [0.1, 0.15) is 0 Å². The molecule has 0 radical (unpaired) electrons. The van der Waals surface area contributed by atoms with Crippen molar-refractivity contribution in [3.63, 3.8) is 0 Å². The first-order valence-electron chi connectivity index (χ1n) is 6.37. The van der Waals surface area contributed by atoms with E-state index in [-0.39, 0.29) is 5.75 Å². The van der Waals surface area contributed by atoms with Crippen molar-refractivity contribution in [2.24, 2.45) is 5.73 Å². The van der Waals surface area contributed by atoms with Gasteiger partial charge in [0.05, 0.1) is 11.4 Å². The molecule has 1 rings (SSSR count). The summed E-state index contributed by atoms with van der Waals surface area (Å²) < 4.78 is 26.0. The van der Waals surface area contributed by atoms with Gasteiger partial charge in [-0.25, -0.2) is 8.42 Å². The maximum atomic E-state index is 12.3. The molecule has 4 nitrogen and oxygen atoms in total. The van der Waals surface area contributed by atoms with E-state index in [4.69, 9.17) is 5.73 Å². The summed E-state index contributed by atoms with van der Waals surface area (Å²) in [5.74, 6) is 0.113. The van der Waals surface area contributed by atoms with Gasteiger partial charge in [-0.2, -0.15) is 0 Å². The van der Waals surface area contributed by atoms with Gasteiger partial charge in [-0.05, 0) is 31.5 Å². The van der Waals surface area contributed by atoms with Crippen molar-refractivity contribution < 1.29 is 8.42 Å². The molecule has 18 heavy (non-hydrogen) atoms. The fourth-order valence-electron chi connectivity index (χ4n) is 1.70. The van der Waals surface area contributed by atoms with E-state index >= 15 is 0 Å². The van der Waals surface area contributed by atoms with Gasteiger partial charge in [-0.15, -0.1) is 0 Å². The Morgan fingerprint density at radius 2 is 1.83 bits per heavy atom. The lowest BCUT2D eigenvalue weighted by atomic mass is 10.3. The van der Waals surface area contributed by atoms with E-state index in [2.05, 4.69) is 6.92 Å². The molecule has 0 spiro atoms. The quantitative estimate of drug-likeness (QED) is 0.785. The summed E-state index contributed by atoms with van der Waals surface area (Å²) in [7, 11) is -3.26. The fraction of sp³-hybridized carbons (Fsp3) is 0.538. The zero-order valence-electron chi connectivity index (χ0n) is 10.9. The van der Waals surface area contributed by atoms with Crippen molar-refractivity contribution in [1.82, 2.24) is 0 Å². The molecular formula is C13H22N2O2S. The summed E-state index contributed by atoms with van der Waals surface area (Å²) in [6, 6.07) is 9.25. The molecule has 102 valence electrons. The highest BCUT2D eigenvalue weighted by Gasteiger charge is 2.20. The van der Waals surface area contributed by atoms with Crippen LogP contribution in [0.2, 0.25) is 0 Å².